The lowest BCUT2D eigenvalue weighted by molar-refractivity contribution is -0.137. The molecule has 3 rings (SSSR count). The summed E-state index contributed by atoms with van der Waals surface area (Å²) >= 11 is 0. The number of rotatable bonds is 7. The molecule has 0 unspecified atom stereocenters. The number of halogens is 4. The van der Waals surface area contributed by atoms with Gasteiger partial charge in [0.2, 0.25) is 0 Å². The van der Waals surface area contributed by atoms with Crippen LogP contribution in [0.3, 0.4) is 0 Å². The molecule has 1 amide bonds. The summed E-state index contributed by atoms with van der Waals surface area (Å²) in [5, 5.41) is 12.0. The van der Waals surface area contributed by atoms with E-state index in [4.69, 9.17) is 0 Å². The summed E-state index contributed by atoms with van der Waals surface area (Å²) in [6.45, 7) is 0.568. The summed E-state index contributed by atoms with van der Waals surface area (Å²) in [7, 11) is 6.78. The lowest BCUT2D eigenvalue weighted by atomic mass is 10.1. The lowest BCUT2D eigenvalue weighted by Crippen LogP contribution is -2.20. The molecule has 176 valence electrons. The zero-order valence-electron chi connectivity index (χ0n) is 18.4. The molecule has 8 nitrogen and oxygen atoms in total. The lowest BCUT2D eigenvalue weighted by Gasteiger charge is -2.18. The summed E-state index contributed by atoms with van der Waals surface area (Å²) in [6.07, 6.45) is -4.13. The third-order valence-electron chi connectivity index (χ3n) is 4.62. The first-order valence-electron chi connectivity index (χ1n) is 9.79. The number of nitrogens with zero attached hydrogens (tertiary/aromatic N) is 4. The van der Waals surface area contributed by atoms with Crippen molar-refractivity contribution in [1.82, 2.24) is 25.0 Å². The number of hydrogen-bond donors (Lipinski definition) is 3. The Labute approximate surface area is 187 Å². The summed E-state index contributed by atoms with van der Waals surface area (Å²) in [5.74, 6) is -0.957. The van der Waals surface area contributed by atoms with Crippen molar-refractivity contribution in [2.75, 3.05) is 31.8 Å². The zero-order valence-corrected chi connectivity index (χ0v) is 18.4. The van der Waals surface area contributed by atoms with Crippen LogP contribution in [0.25, 0.3) is 0 Å². The number of aromatic nitrogens is 3. The molecule has 0 atom stereocenters. The first-order chi connectivity index (χ1) is 15.5. The van der Waals surface area contributed by atoms with Crippen LogP contribution in [0.15, 0.2) is 36.5 Å². The second-order valence-corrected chi connectivity index (χ2v) is 7.49. The number of nitrogens with one attached hydrogen (secondary N) is 3. The number of alkyl halides is 3. The minimum atomic E-state index is -4.77. The molecular weight excluding hydrogens is 442 g/mol. The second kappa shape index (κ2) is 9.45. The van der Waals surface area contributed by atoms with E-state index in [1.807, 2.05) is 19.0 Å². The topological polar surface area (TPSA) is 87.1 Å². The highest BCUT2D eigenvalue weighted by atomic mass is 19.4. The molecular formula is C21H23F4N7O. The van der Waals surface area contributed by atoms with Crippen LogP contribution in [-0.2, 0) is 19.8 Å². The Bertz CT molecular complexity index is 1160. The molecule has 0 saturated carbocycles. The van der Waals surface area contributed by atoms with E-state index >= 15 is 0 Å². The van der Waals surface area contributed by atoms with Crippen LogP contribution < -0.4 is 16.0 Å². The predicted octanol–water partition coefficient (Wildman–Crippen LogP) is 3.88. The Balaban J connectivity index is 2.01. The fraction of sp³-hybridized carbons (Fsp3) is 0.286. The maximum Gasteiger partial charge on any atom is 0.419 e. The van der Waals surface area contributed by atoms with Gasteiger partial charge >= 0.3 is 6.18 Å². The van der Waals surface area contributed by atoms with Gasteiger partial charge in [0.15, 0.2) is 0 Å². The molecule has 3 N–H and O–H groups in total. The highest BCUT2D eigenvalue weighted by Crippen LogP contribution is 2.38. The number of carbonyl (C=O) groups is 1. The van der Waals surface area contributed by atoms with Gasteiger partial charge in [-0.1, -0.05) is 6.07 Å². The molecule has 0 aliphatic carbocycles. The van der Waals surface area contributed by atoms with Gasteiger partial charge in [0.1, 0.15) is 17.5 Å². The van der Waals surface area contributed by atoms with Gasteiger partial charge in [-0.25, -0.2) is 9.37 Å². The highest BCUT2D eigenvalue weighted by molar-refractivity contribution is 6.00. The van der Waals surface area contributed by atoms with Crippen LogP contribution in [0, 0.1) is 5.82 Å². The molecule has 0 aliphatic heterocycles. The summed E-state index contributed by atoms with van der Waals surface area (Å²) in [6, 6.07) is 6.49. The maximum absolute atomic E-state index is 14.5. The van der Waals surface area contributed by atoms with E-state index in [2.05, 4.69) is 26.0 Å². The molecule has 2 heterocycles. The van der Waals surface area contributed by atoms with Crippen molar-refractivity contribution in [2.24, 2.45) is 7.05 Å². The van der Waals surface area contributed by atoms with Crippen LogP contribution in [0.1, 0.15) is 21.6 Å². The Morgan fingerprint density at radius 3 is 2.55 bits per heavy atom. The van der Waals surface area contributed by atoms with Crippen molar-refractivity contribution in [3.05, 3.63) is 59.2 Å². The van der Waals surface area contributed by atoms with Crippen LogP contribution in [0.5, 0.6) is 0 Å². The van der Waals surface area contributed by atoms with Gasteiger partial charge in [-0.2, -0.15) is 18.3 Å². The number of benzene rings is 1. The van der Waals surface area contributed by atoms with E-state index in [1.54, 1.807) is 13.1 Å². The minimum absolute atomic E-state index is 0.0720. The van der Waals surface area contributed by atoms with Crippen molar-refractivity contribution in [3.8, 4) is 0 Å². The van der Waals surface area contributed by atoms with Gasteiger partial charge in [0.25, 0.3) is 5.91 Å². The largest absolute Gasteiger partial charge is 0.419 e. The molecule has 0 fully saturated rings. The van der Waals surface area contributed by atoms with Crippen LogP contribution in [-0.4, -0.2) is 46.7 Å². The normalized spacial score (nSPS) is 11.5. The molecule has 1 aromatic carbocycles. The Kier molecular flexibility index (Phi) is 6.86. The Morgan fingerprint density at radius 2 is 1.91 bits per heavy atom. The molecule has 33 heavy (non-hydrogen) atoms. The first-order valence-corrected chi connectivity index (χ1v) is 9.79. The summed E-state index contributed by atoms with van der Waals surface area (Å²) in [5.41, 5.74) is -1.36. The number of para-hydroxylation sites is 1. The number of hydrogen-bond acceptors (Lipinski definition) is 6. The van der Waals surface area contributed by atoms with Crippen molar-refractivity contribution in [2.45, 2.75) is 12.7 Å². The van der Waals surface area contributed by atoms with Crippen LogP contribution >= 0.6 is 0 Å². The van der Waals surface area contributed by atoms with Gasteiger partial charge in [-0.3, -0.25) is 9.48 Å². The standard InChI is InChI=1S/C21H23F4N7O/c1-26-20(33)13-6-5-7-15(22)19(13)28-16-9-17(27-10-14(16)21(23,24)25)29-18-8-12(11-31(2)3)30-32(18)4/h5-10H,11H2,1-4H3,(H,26,33)(H2,27,28,29). The van der Waals surface area contributed by atoms with Crippen molar-refractivity contribution < 1.29 is 22.4 Å². The predicted molar refractivity (Wildman–Crippen MR) is 116 cm³/mol. The summed E-state index contributed by atoms with van der Waals surface area (Å²) < 4.78 is 56.9. The fourth-order valence-corrected chi connectivity index (χ4v) is 3.14. The Hall–Kier alpha value is -3.67. The molecule has 0 spiro atoms. The summed E-state index contributed by atoms with van der Waals surface area (Å²) in [4.78, 5) is 17.9. The van der Waals surface area contributed by atoms with E-state index < -0.39 is 29.2 Å². The monoisotopic (exact) mass is 465 g/mol. The fourth-order valence-electron chi connectivity index (χ4n) is 3.14. The highest BCUT2D eigenvalue weighted by Gasteiger charge is 2.35. The third-order valence-corrected chi connectivity index (χ3v) is 4.62. The van der Waals surface area contributed by atoms with Gasteiger partial charge in [0.05, 0.1) is 28.2 Å². The zero-order chi connectivity index (χ0) is 24.3. The van der Waals surface area contributed by atoms with Crippen molar-refractivity contribution in [1.29, 1.82) is 0 Å². The molecule has 0 aliphatic rings. The van der Waals surface area contributed by atoms with Gasteiger partial charge < -0.3 is 20.9 Å². The van der Waals surface area contributed by atoms with E-state index in [-0.39, 0.29) is 17.1 Å². The average molecular weight is 465 g/mol. The number of pyridine rings is 1. The van der Waals surface area contributed by atoms with Gasteiger partial charge in [-0.15, -0.1) is 0 Å². The smallest absolute Gasteiger partial charge is 0.355 e. The van der Waals surface area contributed by atoms with Crippen molar-refractivity contribution in [3.63, 3.8) is 0 Å². The van der Waals surface area contributed by atoms with E-state index in [1.165, 1.54) is 23.9 Å². The van der Waals surface area contributed by atoms with Gasteiger partial charge in [-0.05, 0) is 26.2 Å². The molecule has 0 radical (unpaired) electrons. The number of amides is 1. The molecule has 0 saturated heterocycles. The second-order valence-electron chi connectivity index (χ2n) is 7.49. The minimum Gasteiger partial charge on any atom is -0.355 e. The maximum atomic E-state index is 14.5. The van der Waals surface area contributed by atoms with E-state index in [0.29, 0.717) is 18.6 Å². The van der Waals surface area contributed by atoms with Crippen molar-refractivity contribution >= 4 is 28.9 Å². The number of aryl methyl sites for hydroxylation is 1. The van der Waals surface area contributed by atoms with E-state index in [9.17, 15) is 22.4 Å². The van der Waals surface area contributed by atoms with E-state index in [0.717, 1.165) is 17.8 Å². The molecule has 3 aromatic rings. The Morgan fingerprint density at radius 1 is 1.18 bits per heavy atom. The van der Waals surface area contributed by atoms with Crippen LogP contribution in [0.4, 0.5) is 40.6 Å². The number of anilines is 4. The average Bonchev–Trinajstić information content (AvgIpc) is 3.06. The van der Waals surface area contributed by atoms with Crippen LogP contribution in [0.2, 0.25) is 0 Å². The third kappa shape index (κ3) is 5.58. The molecule has 0 bridgehead atoms. The first kappa shape index (κ1) is 24.0. The number of carbonyl (C=O) groups excluding carboxylic acids is 1. The SMILES string of the molecule is CNC(=O)c1cccc(F)c1Nc1cc(Nc2cc(CN(C)C)nn2C)ncc1C(F)(F)F. The van der Waals surface area contributed by atoms with Gasteiger partial charge in [0, 0.05) is 39.0 Å². The quantitative estimate of drug-likeness (QED) is 0.459. The molecule has 2 aromatic heterocycles. The molecule has 12 heteroatoms.